The summed E-state index contributed by atoms with van der Waals surface area (Å²) in [6.07, 6.45) is 6.50. The Hall–Kier alpha value is -2.51. The van der Waals surface area contributed by atoms with E-state index in [0.717, 1.165) is 61.6 Å². The molecule has 0 amide bonds. The predicted molar refractivity (Wildman–Crippen MR) is 113 cm³/mol. The molecule has 1 aliphatic heterocycles. The molecule has 7 heteroatoms. The first-order valence-electron chi connectivity index (χ1n) is 10.9. The van der Waals surface area contributed by atoms with Gasteiger partial charge in [-0.2, -0.15) is 0 Å². The monoisotopic (exact) mass is 408 g/mol. The van der Waals surface area contributed by atoms with Crippen molar-refractivity contribution in [1.82, 2.24) is 19.6 Å². The van der Waals surface area contributed by atoms with Crippen LogP contribution in [0.25, 0.3) is 10.9 Å². The van der Waals surface area contributed by atoms with Crippen molar-refractivity contribution in [2.45, 2.75) is 57.7 Å². The highest BCUT2D eigenvalue weighted by molar-refractivity contribution is 5.77. The zero-order valence-corrected chi connectivity index (χ0v) is 17.5. The number of ether oxygens (including phenoxy) is 1. The van der Waals surface area contributed by atoms with Crippen LogP contribution in [-0.2, 0) is 30.7 Å². The largest absolute Gasteiger partial charge is 0.383 e. The quantitative estimate of drug-likeness (QED) is 0.623. The lowest BCUT2D eigenvalue weighted by molar-refractivity contribution is 0.178. The van der Waals surface area contributed by atoms with Gasteiger partial charge in [0.2, 0.25) is 0 Å². The van der Waals surface area contributed by atoms with Crippen LogP contribution in [0.15, 0.2) is 33.6 Å². The molecule has 5 rings (SSSR count). The highest BCUT2D eigenvalue weighted by Gasteiger charge is 2.32. The van der Waals surface area contributed by atoms with Crippen molar-refractivity contribution in [2.75, 3.05) is 20.3 Å². The van der Waals surface area contributed by atoms with Gasteiger partial charge in [0.1, 0.15) is 17.3 Å². The third-order valence-corrected chi connectivity index (χ3v) is 6.46. The topological polar surface area (TPSA) is 73.4 Å². The number of para-hydroxylation sites is 1. The van der Waals surface area contributed by atoms with E-state index in [2.05, 4.69) is 10.1 Å². The molecule has 1 saturated heterocycles. The third kappa shape index (κ3) is 3.46. The van der Waals surface area contributed by atoms with Crippen molar-refractivity contribution in [1.29, 1.82) is 0 Å². The Morgan fingerprint density at radius 1 is 1.20 bits per heavy atom. The van der Waals surface area contributed by atoms with Crippen LogP contribution in [-0.4, -0.2) is 39.9 Å². The molecule has 158 valence electrons. The first-order valence-corrected chi connectivity index (χ1v) is 10.9. The van der Waals surface area contributed by atoms with Gasteiger partial charge in [-0.05, 0) is 50.8 Å². The van der Waals surface area contributed by atoms with Crippen molar-refractivity contribution < 1.29 is 9.26 Å². The zero-order valence-electron chi connectivity index (χ0n) is 17.5. The number of hydrogen-bond acceptors (Lipinski definition) is 6. The Labute approximate surface area is 175 Å². The van der Waals surface area contributed by atoms with Gasteiger partial charge in [0, 0.05) is 25.6 Å². The van der Waals surface area contributed by atoms with Gasteiger partial charge in [0.15, 0.2) is 0 Å². The Morgan fingerprint density at radius 2 is 2.07 bits per heavy atom. The number of aromatic nitrogens is 3. The molecule has 3 aromatic rings. The number of hydrogen-bond donors (Lipinski definition) is 0. The third-order valence-electron chi connectivity index (χ3n) is 6.46. The van der Waals surface area contributed by atoms with E-state index in [4.69, 9.17) is 14.2 Å². The van der Waals surface area contributed by atoms with Crippen molar-refractivity contribution in [3.8, 4) is 0 Å². The second-order valence-electron chi connectivity index (χ2n) is 8.30. The van der Waals surface area contributed by atoms with Gasteiger partial charge >= 0.3 is 0 Å². The van der Waals surface area contributed by atoms with Crippen molar-refractivity contribution in [3.63, 3.8) is 0 Å². The standard InChI is InChI=1S/C23H28N4O3/c1-29-14-13-27-22(24-18-9-4-2-8-17(18)23(27)28)20-10-6-12-26(20)15-19-16-7-3-5-11-21(16)30-25-19/h2,4,8-9,20H,3,5-7,10-15H2,1H3. The number of nitrogens with zero attached hydrogens (tertiary/aromatic N) is 4. The average molecular weight is 409 g/mol. The molecule has 0 N–H and O–H groups in total. The molecule has 0 spiro atoms. The fourth-order valence-corrected chi connectivity index (χ4v) is 4.91. The molecular weight excluding hydrogens is 380 g/mol. The maximum atomic E-state index is 13.2. The number of methoxy groups -OCH3 is 1. The lowest BCUT2D eigenvalue weighted by Gasteiger charge is -2.26. The molecule has 1 unspecified atom stereocenters. The van der Waals surface area contributed by atoms with E-state index in [1.54, 1.807) is 7.11 Å². The second-order valence-corrected chi connectivity index (χ2v) is 8.30. The van der Waals surface area contributed by atoms with Gasteiger partial charge in [0.05, 0.1) is 30.1 Å². The van der Waals surface area contributed by atoms with Crippen LogP contribution in [0.4, 0.5) is 0 Å². The molecule has 1 aliphatic carbocycles. The SMILES string of the molecule is COCCn1c(C2CCCN2Cc2noc3c2CCCC3)nc2ccccc2c1=O. The van der Waals surface area contributed by atoms with Crippen molar-refractivity contribution >= 4 is 10.9 Å². The summed E-state index contributed by atoms with van der Waals surface area (Å²) < 4.78 is 12.7. The molecular formula is C23H28N4O3. The van der Waals surface area contributed by atoms with Crippen LogP contribution < -0.4 is 5.56 Å². The molecule has 1 fully saturated rings. The molecule has 2 aliphatic rings. The normalized spacial score (nSPS) is 19.4. The van der Waals surface area contributed by atoms with Crippen LogP contribution in [0, 0.1) is 0 Å². The summed E-state index contributed by atoms with van der Waals surface area (Å²) in [4.78, 5) is 20.6. The van der Waals surface area contributed by atoms with E-state index in [0.29, 0.717) is 18.5 Å². The van der Waals surface area contributed by atoms with Crippen LogP contribution in [0.5, 0.6) is 0 Å². The molecule has 0 radical (unpaired) electrons. The highest BCUT2D eigenvalue weighted by Crippen LogP contribution is 2.34. The Morgan fingerprint density at radius 3 is 2.97 bits per heavy atom. The minimum Gasteiger partial charge on any atom is -0.383 e. The van der Waals surface area contributed by atoms with Crippen molar-refractivity contribution in [3.05, 3.63) is 57.5 Å². The predicted octanol–water partition coefficient (Wildman–Crippen LogP) is 3.25. The summed E-state index contributed by atoms with van der Waals surface area (Å²) in [5.74, 6) is 1.90. The first-order chi connectivity index (χ1) is 14.8. The van der Waals surface area contributed by atoms with Crippen LogP contribution in [0.2, 0.25) is 0 Å². The van der Waals surface area contributed by atoms with Crippen LogP contribution in [0.1, 0.15) is 54.6 Å². The van der Waals surface area contributed by atoms with Crippen LogP contribution in [0.3, 0.4) is 0 Å². The fourth-order valence-electron chi connectivity index (χ4n) is 4.91. The molecule has 0 bridgehead atoms. The lowest BCUT2D eigenvalue weighted by atomic mass is 9.96. The number of fused-ring (bicyclic) bond motifs is 2. The second kappa shape index (κ2) is 8.32. The molecule has 30 heavy (non-hydrogen) atoms. The maximum Gasteiger partial charge on any atom is 0.261 e. The molecule has 3 heterocycles. The first kappa shape index (κ1) is 19.5. The smallest absolute Gasteiger partial charge is 0.261 e. The van der Waals surface area contributed by atoms with Crippen molar-refractivity contribution in [2.24, 2.45) is 0 Å². The number of aryl methyl sites for hydroxylation is 1. The summed E-state index contributed by atoms with van der Waals surface area (Å²) in [5.41, 5.74) is 3.13. The summed E-state index contributed by atoms with van der Waals surface area (Å²) in [7, 11) is 1.66. The Balaban J connectivity index is 1.52. The fraction of sp³-hybridized carbons (Fsp3) is 0.522. The number of likely N-dealkylation sites (tertiary alicyclic amines) is 1. The maximum absolute atomic E-state index is 13.2. The van der Waals surface area contributed by atoms with Gasteiger partial charge < -0.3 is 9.26 Å². The van der Waals surface area contributed by atoms with E-state index in [-0.39, 0.29) is 11.6 Å². The molecule has 7 nitrogen and oxygen atoms in total. The summed E-state index contributed by atoms with van der Waals surface area (Å²) in [6, 6.07) is 7.70. The minimum absolute atomic E-state index is 0.0123. The Kier molecular flexibility index (Phi) is 5.39. The summed E-state index contributed by atoms with van der Waals surface area (Å²) in [5, 5.41) is 5.06. The highest BCUT2D eigenvalue weighted by atomic mass is 16.5. The van der Waals surface area contributed by atoms with Crippen LogP contribution >= 0.6 is 0 Å². The molecule has 1 aromatic carbocycles. The number of rotatable bonds is 6. The van der Waals surface area contributed by atoms with E-state index in [9.17, 15) is 4.79 Å². The van der Waals surface area contributed by atoms with Gasteiger partial charge in [-0.1, -0.05) is 17.3 Å². The van der Waals surface area contributed by atoms with E-state index in [1.165, 1.54) is 18.4 Å². The summed E-state index contributed by atoms with van der Waals surface area (Å²) in [6.45, 7) is 2.71. The Bertz CT molecular complexity index is 1100. The van der Waals surface area contributed by atoms with Gasteiger partial charge in [-0.25, -0.2) is 4.98 Å². The van der Waals surface area contributed by atoms with E-state index in [1.807, 2.05) is 28.8 Å². The summed E-state index contributed by atoms with van der Waals surface area (Å²) >= 11 is 0. The molecule has 1 atom stereocenters. The van der Waals surface area contributed by atoms with E-state index >= 15 is 0 Å². The average Bonchev–Trinajstić information content (AvgIpc) is 3.41. The molecule has 0 saturated carbocycles. The van der Waals surface area contributed by atoms with E-state index < -0.39 is 0 Å². The lowest BCUT2D eigenvalue weighted by Crippen LogP contribution is -2.33. The van der Waals surface area contributed by atoms with Gasteiger partial charge in [-0.3, -0.25) is 14.3 Å². The zero-order chi connectivity index (χ0) is 20.5. The number of benzene rings is 1. The van der Waals surface area contributed by atoms with Gasteiger partial charge in [0.25, 0.3) is 5.56 Å². The van der Waals surface area contributed by atoms with Gasteiger partial charge in [-0.15, -0.1) is 0 Å². The minimum atomic E-state index is 0.0123. The molecule has 2 aromatic heterocycles.